The lowest BCUT2D eigenvalue weighted by Crippen LogP contribution is -2.38. The molecule has 0 unspecified atom stereocenters. The summed E-state index contributed by atoms with van der Waals surface area (Å²) in [5.41, 5.74) is 2.01. The van der Waals surface area contributed by atoms with Crippen LogP contribution in [0.1, 0.15) is 46.7 Å². The second kappa shape index (κ2) is 10.5. The number of sulfonamides is 1. The number of morpholine rings is 1. The summed E-state index contributed by atoms with van der Waals surface area (Å²) >= 11 is 0. The minimum atomic E-state index is -3.77. The SMILES string of the molecule is Cc1c(C(=O)NCCCN2CCOCC2)oc2c1/C(=N/NS(=O)(=O)c1ccccc1)CCC2. The fraction of sp³-hybridized carbons (Fsp3) is 0.478. The van der Waals surface area contributed by atoms with Crippen LogP contribution >= 0.6 is 0 Å². The van der Waals surface area contributed by atoms with Gasteiger partial charge in [0.15, 0.2) is 5.76 Å². The predicted octanol–water partition coefficient (Wildman–Crippen LogP) is 2.06. The first-order valence-corrected chi connectivity index (χ1v) is 12.8. The van der Waals surface area contributed by atoms with Crippen molar-refractivity contribution in [1.29, 1.82) is 0 Å². The van der Waals surface area contributed by atoms with E-state index >= 15 is 0 Å². The molecule has 1 aromatic carbocycles. The van der Waals surface area contributed by atoms with Gasteiger partial charge in [-0.1, -0.05) is 18.2 Å². The van der Waals surface area contributed by atoms with E-state index in [2.05, 4.69) is 20.1 Å². The van der Waals surface area contributed by atoms with Gasteiger partial charge in [0.1, 0.15) is 5.76 Å². The highest BCUT2D eigenvalue weighted by Crippen LogP contribution is 2.30. The largest absolute Gasteiger partial charge is 0.455 e. The van der Waals surface area contributed by atoms with Gasteiger partial charge >= 0.3 is 0 Å². The molecule has 1 amide bonds. The molecule has 1 aliphatic heterocycles. The maximum Gasteiger partial charge on any atom is 0.287 e. The fourth-order valence-corrected chi connectivity index (χ4v) is 5.03. The van der Waals surface area contributed by atoms with Crippen molar-refractivity contribution in [3.8, 4) is 0 Å². The molecule has 0 bridgehead atoms. The van der Waals surface area contributed by atoms with Crippen LogP contribution in [0.4, 0.5) is 0 Å². The van der Waals surface area contributed by atoms with E-state index in [1.807, 2.05) is 6.92 Å². The van der Waals surface area contributed by atoms with Crippen LogP contribution < -0.4 is 10.1 Å². The zero-order valence-corrected chi connectivity index (χ0v) is 19.6. The fourth-order valence-electron chi connectivity index (χ4n) is 4.17. The van der Waals surface area contributed by atoms with E-state index in [9.17, 15) is 13.2 Å². The lowest BCUT2D eigenvalue weighted by atomic mass is 9.93. The van der Waals surface area contributed by atoms with Crippen molar-refractivity contribution < 1.29 is 22.4 Å². The Balaban J connectivity index is 1.41. The number of amides is 1. The van der Waals surface area contributed by atoms with Crippen molar-refractivity contribution in [1.82, 2.24) is 15.0 Å². The van der Waals surface area contributed by atoms with Crippen molar-refractivity contribution in [3.05, 3.63) is 53.0 Å². The molecule has 2 N–H and O–H groups in total. The number of fused-ring (bicyclic) bond motifs is 1. The first-order valence-electron chi connectivity index (χ1n) is 11.3. The summed E-state index contributed by atoms with van der Waals surface area (Å²) in [6, 6.07) is 8.10. The van der Waals surface area contributed by atoms with Crippen molar-refractivity contribution in [2.24, 2.45) is 5.10 Å². The van der Waals surface area contributed by atoms with Crippen LogP contribution in [0.2, 0.25) is 0 Å². The molecule has 2 aromatic rings. The highest BCUT2D eigenvalue weighted by atomic mass is 32.2. The Morgan fingerprint density at radius 3 is 2.67 bits per heavy atom. The van der Waals surface area contributed by atoms with Crippen LogP contribution in [0.15, 0.2) is 44.7 Å². The van der Waals surface area contributed by atoms with Crippen LogP contribution in [0.5, 0.6) is 0 Å². The van der Waals surface area contributed by atoms with Gasteiger partial charge < -0.3 is 14.5 Å². The number of benzene rings is 1. The summed E-state index contributed by atoms with van der Waals surface area (Å²) in [5, 5.41) is 7.14. The molecule has 0 spiro atoms. The lowest BCUT2D eigenvalue weighted by Gasteiger charge is -2.26. The molecule has 10 heteroatoms. The molecule has 178 valence electrons. The van der Waals surface area contributed by atoms with Gasteiger partial charge in [-0.15, -0.1) is 0 Å². The monoisotopic (exact) mass is 474 g/mol. The van der Waals surface area contributed by atoms with Crippen molar-refractivity contribution in [2.75, 3.05) is 39.4 Å². The Morgan fingerprint density at radius 2 is 1.91 bits per heavy atom. The molecule has 1 saturated heterocycles. The topological polar surface area (TPSA) is 113 Å². The zero-order chi connectivity index (χ0) is 23.3. The minimum absolute atomic E-state index is 0.145. The third-order valence-electron chi connectivity index (χ3n) is 5.93. The van der Waals surface area contributed by atoms with E-state index in [0.29, 0.717) is 36.4 Å². The first-order chi connectivity index (χ1) is 16.0. The maximum atomic E-state index is 12.8. The van der Waals surface area contributed by atoms with Crippen LogP contribution in [0.3, 0.4) is 0 Å². The van der Waals surface area contributed by atoms with Gasteiger partial charge in [0.25, 0.3) is 15.9 Å². The molecule has 9 nitrogen and oxygen atoms in total. The molecule has 1 aromatic heterocycles. The van der Waals surface area contributed by atoms with Gasteiger partial charge in [-0.3, -0.25) is 9.69 Å². The van der Waals surface area contributed by atoms with Gasteiger partial charge in [-0.2, -0.15) is 18.4 Å². The van der Waals surface area contributed by atoms with Crippen LogP contribution in [0.25, 0.3) is 0 Å². The number of hydrogen-bond acceptors (Lipinski definition) is 7. The standard InChI is InChI=1S/C23H30N4O5S/c1-17-21-19(25-26-33(29,30)18-7-3-2-4-8-18)9-5-10-20(21)32-22(17)23(28)24-11-6-12-27-13-15-31-16-14-27/h2-4,7-8,26H,5-6,9-16H2,1H3,(H,24,28)/b25-19+. The van der Waals surface area contributed by atoms with Gasteiger partial charge in [-0.05, 0) is 44.9 Å². The van der Waals surface area contributed by atoms with E-state index in [1.54, 1.807) is 18.2 Å². The highest BCUT2D eigenvalue weighted by molar-refractivity contribution is 7.89. The molecule has 0 atom stereocenters. The number of aryl methyl sites for hydroxylation is 1. The zero-order valence-electron chi connectivity index (χ0n) is 18.8. The van der Waals surface area contributed by atoms with E-state index in [1.165, 1.54) is 12.1 Å². The quantitative estimate of drug-likeness (QED) is 0.447. The Bertz CT molecular complexity index is 1110. The van der Waals surface area contributed by atoms with Crippen molar-refractivity contribution >= 4 is 21.6 Å². The minimum Gasteiger partial charge on any atom is -0.455 e. The van der Waals surface area contributed by atoms with Gasteiger partial charge in [0.2, 0.25) is 0 Å². The Morgan fingerprint density at radius 1 is 1.15 bits per heavy atom. The Hall–Kier alpha value is -2.69. The predicted molar refractivity (Wildman–Crippen MR) is 124 cm³/mol. The van der Waals surface area contributed by atoms with E-state index in [-0.39, 0.29) is 16.6 Å². The van der Waals surface area contributed by atoms with Crippen LogP contribution in [0, 0.1) is 6.92 Å². The van der Waals surface area contributed by atoms with Crippen molar-refractivity contribution in [3.63, 3.8) is 0 Å². The lowest BCUT2D eigenvalue weighted by molar-refractivity contribution is 0.0374. The molecule has 0 saturated carbocycles. The third kappa shape index (κ3) is 5.63. The summed E-state index contributed by atoms with van der Waals surface area (Å²) in [7, 11) is -3.77. The van der Waals surface area contributed by atoms with Gasteiger partial charge in [-0.25, -0.2) is 0 Å². The molecule has 1 fully saturated rings. The molecular weight excluding hydrogens is 444 g/mol. The molecule has 2 heterocycles. The number of furan rings is 1. The molecular formula is C23H30N4O5S. The van der Waals surface area contributed by atoms with Gasteiger partial charge in [0.05, 0.1) is 23.8 Å². The average Bonchev–Trinajstić information content (AvgIpc) is 3.19. The number of nitrogens with zero attached hydrogens (tertiary/aromatic N) is 2. The molecule has 2 aliphatic rings. The van der Waals surface area contributed by atoms with E-state index in [4.69, 9.17) is 9.15 Å². The number of rotatable bonds is 8. The third-order valence-corrected chi connectivity index (χ3v) is 7.15. The number of ether oxygens (including phenoxy) is 1. The van der Waals surface area contributed by atoms with Crippen molar-refractivity contribution in [2.45, 2.75) is 37.5 Å². The smallest absolute Gasteiger partial charge is 0.287 e. The number of nitrogens with one attached hydrogen (secondary N) is 2. The molecule has 33 heavy (non-hydrogen) atoms. The normalized spacial score (nSPS) is 18.2. The first kappa shape index (κ1) is 23.5. The number of carbonyl (C=O) groups is 1. The molecule has 4 rings (SSSR count). The molecule has 0 radical (unpaired) electrons. The summed E-state index contributed by atoms with van der Waals surface area (Å²) in [6.07, 6.45) is 2.90. The van der Waals surface area contributed by atoms with E-state index in [0.717, 1.165) is 51.3 Å². The highest BCUT2D eigenvalue weighted by Gasteiger charge is 2.28. The molecule has 1 aliphatic carbocycles. The van der Waals surface area contributed by atoms with Crippen LogP contribution in [-0.2, 0) is 21.2 Å². The summed E-state index contributed by atoms with van der Waals surface area (Å²) < 4.78 is 36.3. The summed E-state index contributed by atoms with van der Waals surface area (Å²) in [4.78, 5) is 17.6. The number of hydrogen-bond donors (Lipinski definition) is 2. The van der Waals surface area contributed by atoms with E-state index < -0.39 is 10.0 Å². The maximum absolute atomic E-state index is 12.8. The Labute approximate surface area is 194 Å². The second-order valence-electron chi connectivity index (χ2n) is 8.24. The second-order valence-corrected chi connectivity index (χ2v) is 9.90. The van der Waals surface area contributed by atoms with Gasteiger partial charge in [0, 0.05) is 37.2 Å². The number of carbonyl (C=O) groups excluding carboxylic acids is 1. The summed E-state index contributed by atoms with van der Waals surface area (Å²) in [5.74, 6) is 0.690. The average molecular weight is 475 g/mol. The van der Waals surface area contributed by atoms with Crippen LogP contribution in [-0.4, -0.2) is 64.3 Å². The Kier molecular flexibility index (Phi) is 7.46. The summed E-state index contributed by atoms with van der Waals surface area (Å²) in [6.45, 7) is 6.65. The number of hydrazone groups is 1.